The molecule has 1 aromatic carbocycles. The fourth-order valence-electron chi connectivity index (χ4n) is 4.18. The highest BCUT2D eigenvalue weighted by atomic mass is 32.1. The van der Waals surface area contributed by atoms with Crippen LogP contribution in [-0.2, 0) is 13.0 Å². The zero-order valence-electron chi connectivity index (χ0n) is 16.6. The van der Waals surface area contributed by atoms with Crippen LogP contribution in [0.5, 0.6) is 0 Å². The molecule has 3 aromatic heterocycles. The van der Waals surface area contributed by atoms with Gasteiger partial charge in [0.05, 0.1) is 11.4 Å². The first-order valence-electron chi connectivity index (χ1n) is 10.1. The Kier molecular flexibility index (Phi) is 5.00. The molecule has 1 aliphatic rings. The summed E-state index contributed by atoms with van der Waals surface area (Å²) in [5, 5.41) is 9.87. The van der Waals surface area contributed by atoms with Gasteiger partial charge in [0.15, 0.2) is 5.69 Å². The molecule has 5 rings (SSSR count). The van der Waals surface area contributed by atoms with Crippen LogP contribution >= 0.6 is 22.7 Å². The molecule has 152 valence electrons. The summed E-state index contributed by atoms with van der Waals surface area (Å²) in [6.45, 7) is 3.13. The summed E-state index contributed by atoms with van der Waals surface area (Å²) in [6.07, 6.45) is 1.62. The van der Waals surface area contributed by atoms with Gasteiger partial charge in [-0.1, -0.05) is 31.2 Å². The number of aromatic nitrogens is 2. The zero-order chi connectivity index (χ0) is 20.7. The molecule has 0 radical (unpaired) electrons. The number of thiophene rings is 2. The molecule has 0 saturated carbocycles. The number of rotatable bonds is 4. The van der Waals surface area contributed by atoms with E-state index in [9.17, 15) is 9.59 Å². The first-order chi connectivity index (χ1) is 14.7. The Morgan fingerprint density at radius 2 is 1.93 bits per heavy atom. The van der Waals surface area contributed by atoms with Crippen LogP contribution in [0, 0.1) is 0 Å². The van der Waals surface area contributed by atoms with Gasteiger partial charge in [0.2, 0.25) is 0 Å². The van der Waals surface area contributed by atoms with E-state index in [-0.39, 0.29) is 17.5 Å². The summed E-state index contributed by atoms with van der Waals surface area (Å²) >= 11 is 3.42. The van der Waals surface area contributed by atoms with Crippen molar-refractivity contribution in [2.24, 2.45) is 0 Å². The van der Waals surface area contributed by atoms with Crippen molar-refractivity contribution in [3.05, 3.63) is 84.6 Å². The van der Waals surface area contributed by atoms with Crippen LogP contribution in [0.25, 0.3) is 10.8 Å². The SMILES string of the molecule is CCCn1nc(C(=O)N2CCc3sccc3C2c2cccs2)c2ccccc2c1=O. The predicted octanol–water partition coefficient (Wildman–Crippen LogP) is 4.72. The van der Waals surface area contributed by atoms with Gasteiger partial charge in [0, 0.05) is 28.2 Å². The predicted molar refractivity (Wildman–Crippen MR) is 122 cm³/mol. The minimum Gasteiger partial charge on any atom is -0.325 e. The Hall–Kier alpha value is -2.77. The van der Waals surface area contributed by atoms with E-state index in [1.807, 2.05) is 41.5 Å². The number of carbonyl (C=O) groups is 1. The largest absolute Gasteiger partial charge is 0.325 e. The molecule has 0 aliphatic carbocycles. The van der Waals surface area contributed by atoms with Crippen LogP contribution in [0.2, 0.25) is 0 Å². The topological polar surface area (TPSA) is 55.2 Å². The van der Waals surface area contributed by atoms with Gasteiger partial charge in [0.1, 0.15) is 0 Å². The second kappa shape index (κ2) is 7.81. The third kappa shape index (κ3) is 3.09. The van der Waals surface area contributed by atoms with Crippen molar-refractivity contribution < 1.29 is 4.79 Å². The van der Waals surface area contributed by atoms with Crippen LogP contribution in [0.4, 0.5) is 0 Å². The molecule has 5 nitrogen and oxygen atoms in total. The highest BCUT2D eigenvalue weighted by molar-refractivity contribution is 7.10. The summed E-state index contributed by atoms with van der Waals surface area (Å²) in [6, 6.07) is 13.4. The molecule has 4 heterocycles. The lowest BCUT2D eigenvalue weighted by Gasteiger charge is -2.35. The van der Waals surface area contributed by atoms with E-state index in [2.05, 4.69) is 22.6 Å². The molecule has 1 amide bonds. The average Bonchev–Trinajstić information content (AvgIpc) is 3.47. The van der Waals surface area contributed by atoms with E-state index < -0.39 is 0 Å². The van der Waals surface area contributed by atoms with E-state index in [4.69, 9.17) is 0 Å². The van der Waals surface area contributed by atoms with Crippen LogP contribution in [0.1, 0.15) is 45.2 Å². The first kappa shape index (κ1) is 19.2. The van der Waals surface area contributed by atoms with Gasteiger partial charge in [-0.25, -0.2) is 4.68 Å². The van der Waals surface area contributed by atoms with Crippen molar-refractivity contribution in [3.8, 4) is 0 Å². The maximum Gasteiger partial charge on any atom is 0.275 e. The Balaban J connectivity index is 1.66. The number of benzene rings is 1. The highest BCUT2D eigenvalue weighted by Gasteiger charge is 2.35. The lowest BCUT2D eigenvalue weighted by Crippen LogP contribution is -2.41. The Bertz CT molecular complexity index is 1270. The molecular weight excluding hydrogens is 414 g/mol. The summed E-state index contributed by atoms with van der Waals surface area (Å²) in [7, 11) is 0. The van der Waals surface area contributed by atoms with Crippen molar-refractivity contribution in [3.63, 3.8) is 0 Å². The summed E-state index contributed by atoms with van der Waals surface area (Å²) in [5.74, 6) is -0.119. The van der Waals surface area contributed by atoms with Crippen molar-refractivity contribution in [1.29, 1.82) is 0 Å². The maximum atomic E-state index is 13.9. The molecule has 0 spiro atoms. The molecule has 1 atom stereocenters. The van der Waals surface area contributed by atoms with E-state index in [0.717, 1.165) is 17.7 Å². The zero-order valence-corrected chi connectivity index (χ0v) is 18.2. The second-order valence-electron chi connectivity index (χ2n) is 7.39. The molecule has 7 heteroatoms. The fourth-order valence-corrected chi connectivity index (χ4v) is 5.94. The molecule has 0 fully saturated rings. The number of hydrogen-bond acceptors (Lipinski definition) is 5. The van der Waals surface area contributed by atoms with Gasteiger partial charge in [-0.3, -0.25) is 9.59 Å². The van der Waals surface area contributed by atoms with Gasteiger partial charge in [-0.15, -0.1) is 22.7 Å². The standard InChI is InChI=1S/C23H21N3O2S2/c1-2-11-26-22(27)16-7-4-3-6-15(16)20(24-26)23(28)25-12-9-18-17(10-14-30-18)21(25)19-8-5-13-29-19/h3-8,10,13-14,21H,2,9,11-12H2,1H3. The lowest BCUT2D eigenvalue weighted by molar-refractivity contribution is 0.0692. The quantitative estimate of drug-likeness (QED) is 0.466. The van der Waals surface area contributed by atoms with Crippen LogP contribution in [-0.4, -0.2) is 27.1 Å². The lowest BCUT2D eigenvalue weighted by atomic mass is 9.97. The van der Waals surface area contributed by atoms with Gasteiger partial charge in [-0.05, 0) is 47.4 Å². The number of hydrogen-bond donors (Lipinski definition) is 0. The van der Waals surface area contributed by atoms with Gasteiger partial charge in [-0.2, -0.15) is 5.10 Å². The summed E-state index contributed by atoms with van der Waals surface area (Å²) < 4.78 is 1.44. The minimum absolute atomic E-state index is 0.111. The third-order valence-electron chi connectivity index (χ3n) is 5.55. The van der Waals surface area contributed by atoms with Crippen LogP contribution in [0.15, 0.2) is 58.0 Å². The van der Waals surface area contributed by atoms with E-state index in [0.29, 0.717) is 29.6 Å². The van der Waals surface area contributed by atoms with Gasteiger partial charge in [0.25, 0.3) is 11.5 Å². The fraction of sp³-hybridized carbons (Fsp3) is 0.261. The Labute approximate surface area is 182 Å². The molecule has 1 unspecified atom stereocenters. The summed E-state index contributed by atoms with van der Waals surface area (Å²) in [4.78, 5) is 31.1. The molecular formula is C23H21N3O2S2. The van der Waals surface area contributed by atoms with Crippen LogP contribution < -0.4 is 5.56 Å². The number of amides is 1. The number of carbonyl (C=O) groups excluding carboxylic acids is 1. The number of aryl methyl sites for hydroxylation is 1. The first-order valence-corrected chi connectivity index (χ1v) is 11.9. The van der Waals surface area contributed by atoms with Crippen molar-refractivity contribution >= 4 is 39.4 Å². The highest BCUT2D eigenvalue weighted by Crippen LogP contribution is 2.40. The van der Waals surface area contributed by atoms with E-state index in [1.54, 1.807) is 28.7 Å². The monoisotopic (exact) mass is 435 g/mol. The smallest absolute Gasteiger partial charge is 0.275 e. The minimum atomic E-state index is -0.141. The van der Waals surface area contributed by atoms with Crippen molar-refractivity contribution in [1.82, 2.24) is 14.7 Å². The van der Waals surface area contributed by atoms with E-state index >= 15 is 0 Å². The van der Waals surface area contributed by atoms with Crippen LogP contribution in [0.3, 0.4) is 0 Å². The number of nitrogens with zero attached hydrogens (tertiary/aromatic N) is 3. The maximum absolute atomic E-state index is 13.9. The second-order valence-corrected chi connectivity index (χ2v) is 9.37. The molecule has 0 N–H and O–H groups in total. The normalized spacial score (nSPS) is 16.0. The van der Waals surface area contributed by atoms with Crippen molar-refractivity contribution in [2.45, 2.75) is 32.4 Å². The Morgan fingerprint density at radius 3 is 2.70 bits per heavy atom. The van der Waals surface area contributed by atoms with E-state index in [1.165, 1.54) is 15.1 Å². The van der Waals surface area contributed by atoms with Crippen molar-refractivity contribution in [2.75, 3.05) is 6.54 Å². The molecule has 4 aromatic rings. The van der Waals surface area contributed by atoms with Gasteiger partial charge < -0.3 is 4.90 Å². The average molecular weight is 436 g/mol. The summed E-state index contributed by atoms with van der Waals surface area (Å²) in [5.41, 5.74) is 1.42. The van der Waals surface area contributed by atoms with Gasteiger partial charge >= 0.3 is 0 Å². The Morgan fingerprint density at radius 1 is 1.10 bits per heavy atom. The molecule has 0 saturated heterocycles. The number of fused-ring (bicyclic) bond motifs is 2. The molecule has 30 heavy (non-hydrogen) atoms. The molecule has 0 bridgehead atoms. The third-order valence-corrected chi connectivity index (χ3v) is 7.47. The molecule has 1 aliphatic heterocycles.